The lowest BCUT2D eigenvalue weighted by molar-refractivity contribution is -0.392. The first-order chi connectivity index (χ1) is 7.16. The van der Waals surface area contributed by atoms with Gasteiger partial charge in [0.25, 0.3) is 0 Å². The van der Waals surface area contributed by atoms with Gasteiger partial charge in [-0.2, -0.15) is 11.8 Å². The van der Waals surface area contributed by atoms with Crippen LogP contribution in [0, 0.1) is 17.0 Å². The Morgan fingerprint density at radius 1 is 1.60 bits per heavy atom. The zero-order valence-corrected chi connectivity index (χ0v) is 9.79. The van der Waals surface area contributed by atoms with E-state index in [4.69, 9.17) is 0 Å². The number of aromatic nitrogens is 2. The third-order valence-corrected chi connectivity index (χ3v) is 3.20. The number of nitro groups is 1. The highest BCUT2D eigenvalue weighted by Crippen LogP contribution is 2.14. The SMILES string of the molecule is CCCSCCn1c([N+](=O)[O-])cnc1C. The molecule has 0 aromatic carbocycles. The van der Waals surface area contributed by atoms with E-state index in [0.29, 0.717) is 12.4 Å². The largest absolute Gasteiger partial charge is 0.358 e. The van der Waals surface area contributed by atoms with Gasteiger partial charge in [0, 0.05) is 12.7 Å². The fourth-order valence-corrected chi connectivity index (χ4v) is 2.09. The highest BCUT2D eigenvalue weighted by Gasteiger charge is 2.16. The van der Waals surface area contributed by atoms with Crippen molar-refractivity contribution in [1.29, 1.82) is 0 Å². The molecule has 1 rings (SSSR count). The molecule has 1 aromatic heterocycles. The van der Waals surface area contributed by atoms with Crippen molar-refractivity contribution in [2.24, 2.45) is 0 Å². The van der Waals surface area contributed by atoms with Gasteiger partial charge in [0.15, 0.2) is 5.82 Å². The molecule has 0 saturated heterocycles. The minimum Gasteiger partial charge on any atom is -0.358 e. The smallest absolute Gasteiger partial charge is 0.342 e. The van der Waals surface area contributed by atoms with Crippen molar-refractivity contribution in [3.8, 4) is 0 Å². The number of nitrogens with zero attached hydrogens (tertiary/aromatic N) is 3. The summed E-state index contributed by atoms with van der Waals surface area (Å²) in [4.78, 5) is 14.2. The van der Waals surface area contributed by atoms with E-state index in [-0.39, 0.29) is 10.7 Å². The van der Waals surface area contributed by atoms with E-state index in [0.717, 1.165) is 17.9 Å². The first-order valence-electron chi connectivity index (χ1n) is 4.91. The summed E-state index contributed by atoms with van der Waals surface area (Å²) in [6, 6.07) is 0. The maximum Gasteiger partial charge on any atom is 0.342 e. The molecule has 0 atom stereocenters. The monoisotopic (exact) mass is 229 g/mol. The van der Waals surface area contributed by atoms with Gasteiger partial charge in [-0.05, 0) is 17.1 Å². The zero-order chi connectivity index (χ0) is 11.3. The molecule has 0 fully saturated rings. The van der Waals surface area contributed by atoms with Gasteiger partial charge in [0.1, 0.15) is 12.7 Å². The second kappa shape index (κ2) is 5.75. The Balaban J connectivity index is 2.58. The number of hydrogen-bond donors (Lipinski definition) is 0. The summed E-state index contributed by atoms with van der Waals surface area (Å²) in [5.41, 5.74) is 0. The first kappa shape index (κ1) is 12.0. The normalized spacial score (nSPS) is 10.5. The topological polar surface area (TPSA) is 61.0 Å². The molecule has 0 aliphatic heterocycles. The minimum absolute atomic E-state index is 0.0876. The van der Waals surface area contributed by atoms with E-state index in [9.17, 15) is 10.1 Å². The molecule has 1 heterocycles. The molecule has 0 unspecified atom stereocenters. The predicted octanol–water partition coefficient (Wildman–Crippen LogP) is 2.24. The zero-order valence-electron chi connectivity index (χ0n) is 8.97. The fraction of sp³-hybridized carbons (Fsp3) is 0.667. The Morgan fingerprint density at radius 2 is 2.33 bits per heavy atom. The maximum absolute atomic E-state index is 10.7. The van der Waals surface area contributed by atoms with E-state index in [1.54, 1.807) is 11.5 Å². The van der Waals surface area contributed by atoms with Gasteiger partial charge in [0.2, 0.25) is 0 Å². The van der Waals surface area contributed by atoms with Crippen LogP contribution in [0.5, 0.6) is 0 Å². The van der Waals surface area contributed by atoms with Crippen LogP contribution in [0.4, 0.5) is 5.82 Å². The van der Waals surface area contributed by atoms with Crippen molar-refractivity contribution in [2.75, 3.05) is 11.5 Å². The Bertz CT molecular complexity index is 338. The van der Waals surface area contributed by atoms with Crippen molar-refractivity contribution >= 4 is 17.6 Å². The summed E-state index contributed by atoms with van der Waals surface area (Å²) in [7, 11) is 0. The fourth-order valence-electron chi connectivity index (χ4n) is 1.28. The Hall–Kier alpha value is -1.04. The molecule has 84 valence electrons. The summed E-state index contributed by atoms with van der Waals surface area (Å²) < 4.78 is 1.66. The second-order valence-electron chi connectivity index (χ2n) is 3.18. The quantitative estimate of drug-likeness (QED) is 0.426. The van der Waals surface area contributed by atoms with Crippen molar-refractivity contribution in [3.63, 3.8) is 0 Å². The molecule has 1 aromatic rings. The average Bonchev–Trinajstić information content (AvgIpc) is 2.55. The van der Waals surface area contributed by atoms with Gasteiger partial charge >= 0.3 is 5.82 Å². The number of aryl methyl sites for hydroxylation is 1. The molecule has 0 aliphatic carbocycles. The number of thioether (sulfide) groups is 1. The van der Waals surface area contributed by atoms with E-state index in [2.05, 4.69) is 11.9 Å². The van der Waals surface area contributed by atoms with Gasteiger partial charge in [-0.3, -0.25) is 0 Å². The highest BCUT2D eigenvalue weighted by atomic mass is 32.2. The molecule has 0 aliphatic rings. The van der Waals surface area contributed by atoms with Gasteiger partial charge in [0.05, 0.1) is 0 Å². The summed E-state index contributed by atoms with van der Waals surface area (Å²) in [5.74, 6) is 2.79. The molecule has 15 heavy (non-hydrogen) atoms. The van der Waals surface area contributed by atoms with Crippen LogP contribution in [-0.2, 0) is 6.54 Å². The summed E-state index contributed by atoms with van der Waals surface area (Å²) in [6.07, 6.45) is 2.45. The van der Waals surface area contributed by atoms with Gasteiger partial charge in [-0.15, -0.1) is 0 Å². The molecule has 5 nitrogen and oxygen atoms in total. The molecule has 0 bridgehead atoms. The lowest BCUT2D eigenvalue weighted by Crippen LogP contribution is -2.07. The number of rotatable bonds is 6. The lowest BCUT2D eigenvalue weighted by Gasteiger charge is -2.02. The van der Waals surface area contributed by atoms with E-state index >= 15 is 0 Å². The van der Waals surface area contributed by atoms with Crippen molar-refractivity contribution in [2.45, 2.75) is 26.8 Å². The van der Waals surface area contributed by atoms with E-state index in [1.807, 2.05) is 11.8 Å². The predicted molar refractivity (Wildman–Crippen MR) is 61.2 cm³/mol. The minimum atomic E-state index is -0.384. The van der Waals surface area contributed by atoms with Crippen LogP contribution in [0.3, 0.4) is 0 Å². The molecular formula is C9H15N3O2S. The molecule has 0 spiro atoms. The highest BCUT2D eigenvalue weighted by molar-refractivity contribution is 7.99. The number of imidazole rings is 1. The molecule has 6 heteroatoms. The van der Waals surface area contributed by atoms with Crippen LogP contribution >= 0.6 is 11.8 Å². The number of hydrogen-bond acceptors (Lipinski definition) is 4. The average molecular weight is 229 g/mol. The van der Waals surface area contributed by atoms with Gasteiger partial charge < -0.3 is 10.1 Å². The van der Waals surface area contributed by atoms with Gasteiger partial charge in [-0.1, -0.05) is 6.92 Å². The standard InChI is InChI=1S/C9H15N3O2S/c1-3-5-15-6-4-11-8(2)10-7-9(11)12(13)14/h7H,3-6H2,1-2H3. The lowest BCUT2D eigenvalue weighted by atomic mass is 10.6. The summed E-state index contributed by atoms with van der Waals surface area (Å²) >= 11 is 1.81. The second-order valence-corrected chi connectivity index (χ2v) is 4.41. The molecule has 0 amide bonds. The van der Waals surface area contributed by atoms with E-state index in [1.165, 1.54) is 6.20 Å². The van der Waals surface area contributed by atoms with E-state index < -0.39 is 0 Å². The van der Waals surface area contributed by atoms with Gasteiger partial charge in [-0.25, -0.2) is 9.55 Å². The molecule has 0 saturated carbocycles. The van der Waals surface area contributed by atoms with Crippen LogP contribution < -0.4 is 0 Å². The molecule has 0 N–H and O–H groups in total. The summed E-state index contributed by atoms with van der Waals surface area (Å²) in [6.45, 7) is 4.57. The first-order valence-corrected chi connectivity index (χ1v) is 6.06. The maximum atomic E-state index is 10.7. The van der Waals surface area contributed by atoms with Crippen LogP contribution in [0.2, 0.25) is 0 Å². The Labute approximate surface area is 93.0 Å². The third-order valence-electron chi connectivity index (χ3n) is 2.03. The van der Waals surface area contributed by atoms with Crippen LogP contribution in [0.25, 0.3) is 0 Å². The third kappa shape index (κ3) is 3.23. The van der Waals surface area contributed by atoms with Crippen LogP contribution in [0.1, 0.15) is 19.2 Å². The van der Waals surface area contributed by atoms with Crippen LogP contribution in [0.15, 0.2) is 6.20 Å². The summed E-state index contributed by atoms with van der Waals surface area (Å²) in [5, 5.41) is 10.7. The Morgan fingerprint density at radius 3 is 2.93 bits per heavy atom. The molecular weight excluding hydrogens is 214 g/mol. The van der Waals surface area contributed by atoms with Crippen LogP contribution in [-0.4, -0.2) is 26.0 Å². The Kier molecular flexibility index (Phi) is 4.61. The van der Waals surface area contributed by atoms with Crippen molar-refractivity contribution in [1.82, 2.24) is 9.55 Å². The van der Waals surface area contributed by atoms with Crippen molar-refractivity contribution < 1.29 is 4.92 Å². The van der Waals surface area contributed by atoms with Crippen molar-refractivity contribution in [3.05, 3.63) is 22.1 Å². The molecule has 0 radical (unpaired) electrons.